The molecule has 0 amide bonds. The molecule has 1 aromatic heterocycles. The van der Waals surface area contributed by atoms with Gasteiger partial charge in [0.25, 0.3) is 0 Å². The highest BCUT2D eigenvalue weighted by Crippen LogP contribution is 2.30. The fourth-order valence-corrected chi connectivity index (χ4v) is 5.07. The minimum atomic E-state index is -0.588. The van der Waals surface area contributed by atoms with Crippen molar-refractivity contribution in [3.63, 3.8) is 0 Å². The fourth-order valence-electron chi connectivity index (χ4n) is 5.07. The van der Waals surface area contributed by atoms with Crippen molar-refractivity contribution in [3.05, 3.63) is 94.3 Å². The Balaban J connectivity index is 1.44. The van der Waals surface area contributed by atoms with Crippen LogP contribution < -0.4 is 5.63 Å². The van der Waals surface area contributed by atoms with Crippen molar-refractivity contribution in [1.82, 2.24) is 0 Å². The van der Waals surface area contributed by atoms with Gasteiger partial charge in [-0.05, 0) is 46.5 Å². The van der Waals surface area contributed by atoms with E-state index in [1.54, 1.807) is 6.07 Å². The molecule has 0 bridgehead atoms. The second kappa shape index (κ2) is 13.4. The van der Waals surface area contributed by atoms with Crippen molar-refractivity contribution in [2.24, 2.45) is 0 Å². The van der Waals surface area contributed by atoms with Crippen LogP contribution in [-0.4, -0.2) is 0 Å². The molecule has 0 saturated heterocycles. The van der Waals surface area contributed by atoms with Crippen molar-refractivity contribution >= 4 is 10.8 Å². The molecule has 37 heavy (non-hydrogen) atoms. The number of fused-ring (bicyclic) bond motifs is 1. The van der Waals surface area contributed by atoms with Crippen LogP contribution >= 0.6 is 0 Å². The van der Waals surface area contributed by atoms with Crippen molar-refractivity contribution in [3.8, 4) is 22.3 Å². The van der Waals surface area contributed by atoms with Gasteiger partial charge in [-0.1, -0.05) is 126 Å². The Morgan fingerprint density at radius 1 is 0.649 bits per heavy atom. The van der Waals surface area contributed by atoms with E-state index in [0.29, 0.717) is 23.1 Å². The molecule has 0 fully saturated rings. The smallest absolute Gasteiger partial charge is 0.346 e. The summed E-state index contributed by atoms with van der Waals surface area (Å²) in [6.07, 6.45) is 12.7. The molecule has 0 aliphatic carbocycles. The highest BCUT2D eigenvalue weighted by molar-refractivity contribution is 5.87. The Hall–Kier alpha value is -3.20. The topological polar surface area (TPSA) is 30.2 Å². The lowest BCUT2D eigenvalue weighted by atomic mass is 9.97. The quantitative estimate of drug-likeness (QED) is 0.172. The molecule has 2 nitrogen and oxygen atoms in total. The summed E-state index contributed by atoms with van der Waals surface area (Å²) < 4.78 is 21.0. The first-order chi connectivity index (χ1) is 18.1. The summed E-state index contributed by atoms with van der Waals surface area (Å²) in [6, 6.07) is 21.9. The maximum Gasteiger partial charge on any atom is 0.346 e. The van der Waals surface area contributed by atoms with Crippen molar-refractivity contribution < 1.29 is 8.81 Å². The monoisotopic (exact) mass is 498 g/mol. The first-order valence-electron chi connectivity index (χ1n) is 14.1. The Labute approximate surface area is 220 Å². The van der Waals surface area contributed by atoms with Gasteiger partial charge in [0.1, 0.15) is 17.0 Å². The van der Waals surface area contributed by atoms with Crippen LogP contribution in [0, 0.1) is 5.82 Å². The highest BCUT2D eigenvalue weighted by Gasteiger charge is 2.15. The number of hydrogen-bond donors (Lipinski definition) is 0. The van der Waals surface area contributed by atoms with E-state index >= 15 is 4.39 Å². The van der Waals surface area contributed by atoms with Gasteiger partial charge in [0.15, 0.2) is 0 Å². The third-order valence-electron chi connectivity index (χ3n) is 7.22. The summed E-state index contributed by atoms with van der Waals surface area (Å²) >= 11 is 0. The summed E-state index contributed by atoms with van der Waals surface area (Å²) in [5.41, 5.74) is 4.12. The van der Waals surface area contributed by atoms with Gasteiger partial charge in [-0.25, -0.2) is 9.18 Å². The van der Waals surface area contributed by atoms with Gasteiger partial charge in [-0.15, -0.1) is 0 Å². The highest BCUT2D eigenvalue weighted by atomic mass is 19.1. The molecular formula is C34H39FO2. The lowest BCUT2D eigenvalue weighted by Gasteiger charge is -2.09. The SMILES string of the molecule is CCCCCCCCCCc1cc2ccc(-c3ccc(-c4ccc(CCC)cc4)cc3)c(F)c2c(=O)o1. The molecule has 3 heteroatoms. The largest absolute Gasteiger partial charge is 0.427 e. The van der Waals surface area contributed by atoms with Gasteiger partial charge < -0.3 is 4.42 Å². The zero-order valence-corrected chi connectivity index (χ0v) is 22.3. The maximum absolute atomic E-state index is 15.5. The van der Waals surface area contributed by atoms with E-state index in [1.165, 1.54) is 44.1 Å². The van der Waals surface area contributed by atoms with Gasteiger partial charge in [-0.2, -0.15) is 0 Å². The van der Waals surface area contributed by atoms with Gasteiger partial charge in [-0.3, -0.25) is 0 Å². The van der Waals surface area contributed by atoms with E-state index in [1.807, 2.05) is 36.4 Å². The molecule has 0 radical (unpaired) electrons. The van der Waals surface area contributed by atoms with Gasteiger partial charge >= 0.3 is 5.63 Å². The van der Waals surface area contributed by atoms with Crippen LogP contribution in [0.2, 0.25) is 0 Å². The molecule has 194 valence electrons. The van der Waals surface area contributed by atoms with E-state index in [4.69, 9.17) is 4.42 Å². The molecule has 0 spiro atoms. The minimum absolute atomic E-state index is 0.0350. The Bertz CT molecular complexity index is 1330. The van der Waals surface area contributed by atoms with Crippen LogP contribution in [0.3, 0.4) is 0 Å². The van der Waals surface area contributed by atoms with Crippen LogP contribution in [0.1, 0.15) is 83.0 Å². The Kier molecular flexibility index (Phi) is 9.71. The van der Waals surface area contributed by atoms with E-state index in [9.17, 15) is 4.79 Å². The van der Waals surface area contributed by atoms with Crippen molar-refractivity contribution in [2.75, 3.05) is 0 Å². The minimum Gasteiger partial charge on any atom is -0.427 e. The molecule has 0 N–H and O–H groups in total. The van der Waals surface area contributed by atoms with E-state index in [2.05, 4.69) is 38.1 Å². The number of rotatable bonds is 13. The normalized spacial score (nSPS) is 11.3. The first kappa shape index (κ1) is 26.9. The summed E-state index contributed by atoms with van der Waals surface area (Å²) in [7, 11) is 0. The molecule has 4 aromatic rings. The number of unbranched alkanes of at least 4 members (excludes halogenated alkanes) is 7. The molecular weight excluding hydrogens is 459 g/mol. The molecule has 0 atom stereocenters. The van der Waals surface area contributed by atoms with Crippen LogP contribution in [-0.2, 0) is 12.8 Å². The third kappa shape index (κ3) is 6.97. The predicted octanol–water partition coefficient (Wildman–Crippen LogP) is 9.90. The van der Waals surface area contributed by atoms with Crippen LogP contribution in [0.15, 0.2) is 75.9 Å². The van der Waals surface area contributed by atoms with Crippen molar-refractivity contribution in [1.29, 1.82) is 0 Å². The van der Waals surface area contributed by atoms with Crippen molar-refractivity contribution in [2.45, 2.75) is 84.5 Å². The second-order valence-electron chi connectivity index (χ2n) is 10.1. The molecule has 3 aromatic carbocycles. The fraction of sp³-hybridized carbons (Fsp3) is 0.382. The van der Waals surface area contributed by atoms with Gasteiger partial charge in [0.05, 0.1) is 0 Å². The molecule has 0 unspecified atom stereocenters. The lowest BCUT2D eigenvalue weighted by molar-refractivity contribution is 0.452. The van der Waals surface area contributed by atoms with Crippen LogP contribution in [0.4, 0.5) is 4.39 Å². The second-order valence-corrected chi connectivity index (χ2v) is 10.1. The molecule has 1 heterocycles. The predicted molar refractivity (Wildman–Crippen MR) is 154 cm³/mol. The molecule has 0 saturated carbocycles. The standard InChI is InChI=1S/C34H39FO2/c1-3-5-6-7-8-9-10-11-13-30-24-29-22-23-31(33(35)32(29)34(36)37-30)28-20-18-27(19-21-28)26-16-14-25(12-4-2)15-17-26/h14-24H,3-13H2,1-2H3. The number of benzene rings is 3. The molecule has 0 aliphatic rings. The summed E-state index contributed by atoms with van der Waals surface area (Å²) in [5, 5.41) is 0.642. The number of aryl methyl sites for hydroxylation is 2. The zero-order chi connectivity index (χ0) is 26.0. The van der Waals surface area contributed by atoms with Crippen LogP contribution in [0.5, 0.6) is 0 Å². The van der Waals surface area contributed by atoms with E-state index in [0.717, 1.165) is 42.4 Å². The number of halogens is 1. The summed E-state index contributed by atoms with van der Waals surface area (Å²) in [5.74, 6) is 0.131. The Morgan fingerprint density at radius 3 is 1.89 bits per heavy atom. The van der Waals surface area contributed by atoms with E-state index < -0.39 is 11.4 Å². The molecule has 0 aliphatic heterocycles. The van der Waals surface area contributed by atoms with Gasteiger partial charge in [0.2, 0.25) is 0 Å². The average molecular weight is 499 g/mol. The van der Waals surface area contributed by atoms with E-state index in [-0.39, 0.29) is 5.39 Å². The summed E-state index contributed by atoms with van der Waals surface area (Å²) in [6.45, 7) is 4.41. The van der Waals surface area contributed by atoms with Crippen LogP contribution in [0.25, 0.3) is 33.0 Å². The Morgan fingerprint density at radius 2 is 1.24 bits per heavy atom. The lowest BCUT2D eigenvalue weighted by Crippen LogP contribution is -2.05. The maximum atomic E-state index is 15.5. The summed E-state index contributed by atoms with van der Waals surface area (Å²) in [4.78, 5) is 12.7. The van der Waals surface area contributed by atoms with Gasteiger partial charge in [0, 0.05) is 12.0 Å². The molecule has 4 rings (SSSR count). The first-order valence-corrected chi connectivity index (χ1v) is 14.1. The zero-order valence-electron chi connectivity index (χ0n) is 22.3. The third-order valence-corrected chi connectivity index (χ3v) is 7.22. The average Bonchev–Trinajstić information content (AvgIpc) is 2.91. The number of hydrogen-bond acceptors (Lipinski definition) is 2.